The van der Waals surface area contributed by atoms with E-state index in [9.17, 15) is 18.0 Å². The highest BCUT2D eigenvalue weighted by Crippen LogP contribution is 2.29. The highest BCUT2D eigenvalue weighted by Gasteiger charge is 2.34. The fourth-order valence-corrected chi connectivity index (χ4v) is 3.67. The van der Waals surface area contributed by atoms with Crippen molar-refractivity contribution < 1.29 is 18.0 Å². The first-order valence-electron chi connectivity index (χ1n) is 8.99. The van der Waals surface area contributed by atoms with Crippen LogP contribution in [0.3, 0.4) is 0 Å². The summed E-state index contributed by atoms with van der Waals surface area (Å²) in [6, 6.07) is 0.913. The summed E-state index contributed by atoms with van der Waals surface area (Å²) >= 11 is 0. The van der Waals surface area contributed by atoms with Gasteiger partial charge in [0.05, 0.1) is 6.04 Å². The minimum absolute atomic E-state index is 0.0424. The molecule has 1 atom stereocenters. The van der Waals surface area contributed by atoms with E-state index < -0.39 is 11.9 Å². The molecule has 0 aliphatic carbocycles. The second-order valence-corrected chi connectivity index (χ2v) is 7.01. The van der Waals surface area contributed by atoms with Crippen LogP contribution in [0.25, 0.3) is 0 Å². The van der Waals surface area contributed by atoms with Crippen LogP contribution in [0.2, 0.25) is 0 Å². The lowest BCUT2D eigenvalue weighted by molar-refractivity contribution is -0.141. The van der Waals surface area contributed by atoms with Crippen molar-refractivity contribution in [2.45, 2.75) is 50.4 Å². The number of halogens is 3. The highest BCUT2D eigenvalue weighted by atomic mass is 19.4. The molecule has 2 saturated heterocycles. The van der Waals surface area contributed by atoms with Crippen molar-refractivity contribution in [3.8, 4) is 0 Å². The van der Waals surface area contributed by atoms with Gasteiger partial charge in [-0.05, 0) is 32.1 Å². The minimum Gasteiger partial charge on any atom is -0.367 e. The number of likely N-dealkylation sites (N-methyl/N-ethyl adjacent to an activating group) is 1. The number of nitrogens with zero attached hydrogens (tertiary/aromatic N) is 4. The summed E-state index contributed by atoms with van der Waals surface area (Å²) in [5, 5.41) is 3.08. The Morgan fingerprint density at radius 3 is 2.54 bits per heavy atom. The first-order valence-corrected chi connectivity index (χ1v) is 8.99. The molecular formula is C17H24F3N5O. The van der Waals surface area contributed by atoms with E-state index in [1.54, 1.807) is 0 Å². The molecule has 0 radical (unpaired) electrons. The predicted molar refractivity (Wildman–Crippen MR) is 90.5 cm³/mol. The number of likely N-dealkylation sites (tertiary alicyclic amines) is 2. The molecule has 6 nitrogen and oxygen atoms in total. The van der Waals surface area contributed by atoms with Gasteiger partial charge in [0, 0.05) is 38.8 Å². The number of piperidine rings is 1. The second kappa shape index (κ2) is 7.77. The van der Waals surface area contributed by atoms with Crippen LogP contribution in [-0.2, 0) is 11.0 Å². The quantitative estimate of drug-likeness (QED) is 0.884. The maximum absolute atomic E-state index is 12.7. The van der Waals surface area contributed by atoms with Crippen molar-refractivity contribution in [2.24, 2.45) is 0 Å². The zero-order chi connectivity index (χ0) is 18.7. The van der Waals surface area contributed by atoms with Gasteiger partial charge in [-0.25, -0.2) is 9.97 Å². The summed E-state index contributed by atoms with van der Waals surface area (Å²) < 4.78 is 38.2. The lowest BCUT2D eigenvalue weighted by atomic mass is 10.0. The van der Waals surface area contributed by atoms with Crippen molar-refractivity contribution in [1.29, 1.82) is 0 Å². The highest BCUT2D eigenvalue weighted by molar-refractivity contribution is 5.81. The van der Waals surface area contributed by atoms with Crippen LogP contribution in [0.1, 0.15) is 37.8 Å². The lowest BCUT2D eigenvalue weighted by Gasteiger charge is -2.37. The van der Waals surface area contributed by atoms with Gasteiger partial charge in [-0.15, -0.1) is 0 Å². The number of alkyl halides is 3. The van der Waals surface area contributed by atoms with Crippen LogP contribution in [-0.4, -0.2) is 64.4 Å². The molecule has 2 aliphatic rings. The SMILES string of the molecule is CN1CCCCC(N2CCC(Nc3cc(C(F)(F)F)ncn3)CC2)C1=O. The molecule has 2 aliphatic heterocycles. The Hall–Kier alpha value is -1.90. The number of anilines is 1. The van der Waals surface area contributed by atoms with Crippen LogP contribution < -0.4 is 5.32 Å². The van der Waals surface area contributed by atoms with E-state index in [1.807, 2.05) is 11.9 Å². The zero-order valence-electron chi connectivity index (χ0n) is 14.8. The summed E-state index contributed by atoms with van der Waals surface area (Å²) in [6.45, 7) is 2.31. The normalized spacial score (nSPS) is 23.8. The Balaban J connectivity index is 1.56. The van der Waals surface area contributed by atoms with E-state index in [0.717, 1.165) is 64.1 Å². The van der Waals surface area contributed by atoms with E-state index >= 15 is 0 Å². The van der Waals surface area contributed by atoms with Gasteiger partial charge in [0.25, 0.3) is 0 Å². The minimum atomic E-state index is -4.48. The topological polar surface area (TPSA) is 61.4 Å². The number of rotatable bonds is 3. The third-order valence-electron chi connectivity index (χ3n) is 5.16. The average molecular weight is 371 g/mol. The zero-order valence-corrected chi connectivity index (χ0v) is 14.8. The molecule has 1 unspecified atom stereocenters. The molecule has 0 spiro atoms. The Bertz CT molecular complexity index is 631. The maximum atomic E-state index is 12.7. The van der Waals surface area contributed by atoms with Gasteiger partial charge in [0.2, 0.25) is 5.91 Å². The summed E-state index contributed by atoms with van der Waals surface area (Å²) in [4.78, 5) is 23.7. The fraction of sp³-hybridized carbons (Fsp3) is 0.706. The van der Waals surface area contributed by atoms with Crippen LogP contribution in [0.5, 0.6) is 0 Å². The first-order chi connectivity index (χ1) is 12.3. The molecular weight excluding hydrogens is 347 g/mol. The van der Waals surface area contributed by atoms with Gasteiger partial charge in [0.1, 0.15) is 17.8 Å². The molecule has 1 aromatic heterocycles. The molecule has 2 fully saturated rings. The molecule has 3 heterocycles. The Kier molecular flexibility index (Phi) is 5.64. The monoisotopic (exact) mass is 371 g/mol. The van der Waals surface area contributed by atoms with E-state index in [0.29, 0.717) is 0 Å². The van der Waals surface area contributed by atoms with Crippen LogP contribution in [0, 0.1) is 0 Å². The smallest absolute Gasteiger partial charge is 0.367 e. The molecule has 144 valence electrons. The van der Waals surface area contributed by atoms with E-state index in [4.69, 9.17) is 0 Å². The van der Waals surface area contributed by atoms with Crippen molar-refractivity contribution >= 4 is 11.7 Å². The van der Waals surface area contributed by atoms with Gasteiger partial charge in [-0.1, -0.05) is 0 Å². The van der Waals surface area contributed by atoms with Crippen molar-refractivity contribution in [3.05, 3.63) is 18.1 Å². The number of hydrogen-bond acceptors (Lipinski definition) is 5. The van der Waals surface area contributed by atoms with Crippen LogP contribution in [0.15, 0.2) is 12.4 Å². The summed E-state index contributed by atoms with van der Waals surface area (Å²) in [6.07, 6.45) is 0.931. The average Bonchev–Trinajstić information content (AvgIpc) is 2.77. The Morgan fingerprint density at radius 2 is 1.85 bits per heavy atom. The molecule has 1 amide bonds. The van der Waals surface area contributed by atoms with Crippen molar-refractivity contribution in [1.82, 2.24) is 19.8 Å². The predicted octanol–water partition coefficient (Wildman–Crippen LogP) is 2.38. The van der Waals surface area contributed by atoms with E-state index in [-0.39, 0.29) is 23.8 Å². The third kappa shape index (κ3) is 4.44. The van der Waals surface area contributed by atoms with Crippen LogP contribution in [0.4, 0.5) is 19.0 Å². The van der Waals surface area contributed by atoms with Gasteiger partial charge in [-0.3, -0.25) is 9.69 Å². The molecule has 9 heteroatoms. The summed E-state index contributed by atoms with van der Waals surface area (Å²) in [5.74, 6) is 0.371. The number of carbonyl (C=O) groups excluding carboxylic acids is 1. The molecule has 0 aromatic carbocycles. The third-order valence-corrected chi connectivity index (χ3v) is 5.16. The van der Waals surface area contributed by atoms with Gasteiger partial charge in [-0.2, -0.15) is 13.2 Å². The Morgan fingerprint density at radius 1 is 1.12 bits per heavy atom. The van der Waals surface area contributed by atoms with Gasteiger partial charge < -0.3 is 10.2 Å². The summed E-state index contributed by atoms with van der Waals surface area (Å²) in [7, 11) is 1.85. The molecule has 1 aromatic rings. The van der Waals surface area contributed by atoms with Crippen molar-refractivity contribution in [2.75, 3.05) is 32.0 Å². The van der Waals surface area contributed by atoms with Gasteiger partial charge in [0.15, 0.2) is 0 Å². The molecule has 1 N–H and O–H groups in total. The number of nitrogens with one attached hydrogen (secondary N) is 1. The van der Waals surface area contributed by atoms with E-state index in [1.165, 1.54) is 0 Å². The molecule has 0 bridgehead atoms. The molecule has 26 heavy (non-hydrogen) atoms. The molecule has 0 saturated carbocycles. The standard InChI is InChI=1S/C17H24F3N5O/c1-24-7-3-2-4-13(16(24)26)25-8-5-12(6-9-25)23-15-10-14(17(18,19)20)21-11-22-15/h10-13H,2-9H2,1H3,(H,21,22,23). The van der Waals surface area contributed by atoms with Crippen LogP contribution >= 0.6 is 0 Å². The van der Waals surface area contributed by atoms with E-state index in [2.05, 4.69) is 20.2 Å². The largest absolute Gasteiger partial charge is 0.433 e. The number of amides is 1. The maximum Gasteiger partial charge on any atom is 0.433 e. The number of aromatic nitrogens is 2. The van der Waals surface area contributed by atoms with Gasteiger partial charge >= 0.3 is 6.18 Å². The second-order valence-electron chi connectivity index (χ2n) is 7.01. The Labute approximate surface area is 150 Å². The lowest BCUT2D eigenvalue weighted by Crippen LogP contribution is -2.50. The summed E-state index contributed by atoms with van der Waals surface area (Å²) in [5.41, 5.74) is -0.945. The first kappa shape index (κ1) is 18.9. The molecule has 3 rings (SSSR count). The number of hydrogen-bond donors (Lipinski definition) is 1. The number of carbonyl (C=O) groups is 1. The van der Waals surface area contributed by atoms with Crippen molar-refractivity contribution in [3.63, 3.8) is 0 Å². The fourth-order valence-electron chi connectivity index (χ4n) is 3.67.